The Hall–Kier alpha value is -1.43. The Morgan fingerprint density at radius 2 is 1.73 bits per heavy atom. The summed E-state index contributed by atoms with van der Waals surface area (Å²) in [6.45, 7) is 4.69. The van der Waals surface area contributed by atoms with Crippen LogP contribution in [-0.2, 0) is 19.7 Å². The summed E-state index contributed by atoms with van der Waals surface area (Å²) >= 11 is 0. The van der Waals surface area contributed by atoms with E-state index in [0.29, 0.717) is 13.2 Å². The second-order valence-electron chi connectivity index (χ2n) is 7.84. The van der Waals surface area contributed by atoms with Gasteiger partial charge in [0.25, 0.3) is 0 Å². The van der Waals surface area contributed by atoms with Gasteiger partial charge in [0.15, 0.2) is 0 Å². The number of ether oxygens (including phenoxy) is 2. The Balaban J connectivity index is 1.51. The first-order chi connectivity index (χ1) is 12.8. The molecule has 3 aliphatic rings. The third kappa shape index (κ3) is 3.53. The van der Waals surface area contributed by atoms with Gasteiger partial charge in [-0.1, -0.05) is 49.6 Å². The van der Waals surface area contributed by atoms with Crippen LogP contribution in [-0.4, -0.2) is 62.4 Å². The first-order valence-electron chi connectivity index (χ1n) is 10.1. The number of carbonyl (C=O) groups is 1. The molecule has 1 aromatic carbocycles. The van der Waals surface area contributed by atoms with Gasteiger partial charge in [-0.25, -0.2) is 0 Å². The number of amides is 1. The van der Waals surface area contributed by atoms with Gasteiger partial charge in [-0.05, 0) is 18.4 Å². The van der Waals surface area contributed by atoms with Crippen molar-refractivity contribution in [2.45, 2.75) is 49.6 Å². The SMILES string of the molecule is O=C(N[C@H]1COC[C@@H]1N1CCOCC1)C1(c2ccccc2)CCCCC1. The lowest BCUT2D eigenvalue weighted by Crippen LogP contribution is -2.57. The molecule has 2 saturated heterocycles. The molecule has 4 rings (SSSR count). The third-order valence-corrected chi connectivity index (χ3v) is 6.35. The van der Waals surface area contributed by atoms with E-state index in [1.807, 2.05) is 18.2 Å². The molecule has 2 aliphatic heterocycles. The Kier molecular flexibility index (Phi) is 5.57. The van der Waals surface area contributed by atoms with E-state index in [-0.39, 0.29) is 23.4 Å². The van der Waals surface area contributed by atoms with Gasteiger partial charge in [-0.15, -0.1) is 0 Å². The van der Waals surface area contributed by atoms with Crippen molar-refractivity contribution in [2.75, 3.05) is 39.5 Å². The maximum Gasteiger partial charge on any atom is 0.231 e. The zero-order valence-corrected chi connectivity index (χ0v) is 15.5. The third-order valence-electron chi connectivity index (χ3n) is 6.35. The predicted molar refractivity (Wildman–Crippen MR) is 100 cm³/mol. The number of nitrogens with one attached hydrogen (secondary N) is 1. The standard InChI is InChI=1S/C21H30N2O3/c24-20(21(9-5-2-6-10-21)17-7-3-1-4-8-17)22-18-15-26-16-19(18)23-11-13-25-14-12-23/h1,3-4,7-8,18-19H,2,5-6,9-16H2,(H,22,24)/t18-,19-/m0/s1. The molecule has 5 nitrogen and oxygen atoms in total. The molecule has 0 unspecified atom stereocenters. The van der Waals surface area contributed by atoms with Gasteiger partial charge < -0.3 is 14.8 Å². The average molecular weight is 358 g/mol. The molecule has 1 N–H and O–H groups in total. The van der Waals surface area contributed by atoms with Crippen LogP contribution in [0.2, 0.25) is 0 Å². The summed E-state index contributed by atoms with van der Waals surface area (Å²) in [5, 5.41) is 3.39. The highest BCUT2D eigenvalue weighted by Gasteiger charge is 2.44. The van der Waals surface area contributed by atoms with Crippen LogP contribution in [0.5, 0.6) is 0 Å². The van der Waals surface area contributed by atoms with E-state index in [0.717, 1.165) is 52.0 Å². The maximum absolute atomic E-state index is 13.5. The van der Waals surface area contributed by atoms with Gasteiger partial charge in [-0.2, -0.15) is 0 Å². The lowest BCUT2D eigenvalue weighted by Gasteiger charge is -2.39. The van der Waals surface area contributed by atoms with Gasteiger partial charge >= 0.3 is 0 Å². The van der Waals surface area contributed by atoms with Crippen LogP contribution in [0.25, 0.3) is 0 Å². The van der Waals surface area contributed by atoms with Crippen LogP contribution >= 0.6 is 0 Å². The smallest absolute Gasteiger partial charge is 0.231 e. The summed E-state index contributed by atoms with van der Waals surface area (Å²) in [5.74, 6) is 0.192. The minimum absolute atomic E-state index is 0.0723. The zero-order valence-electron chi connectivity index (χ0n) is 15.5. The van der Waals surface area contributed by atoms with Gasteiger partial charge in [0.05, 0.1) is 43.9 Å². The number of benzene rings is 1. The highest BCUT2D eigenvalue weighted by atomic mass is 16.5. The van der Waals surface area contributed by atoms with Crippen molar-refractivity contribution in [3.63, 3.8) is 0 Å². The van der Waals surface area contributed by atoms with Crippen molar-refractivity contribution in [2.24, 2.45) is 0 Å². The van der Waals surface area contributed by atoms with Crippen LogP contribution in [0, 0.1) is 0 Å². The second-order valence-corrected chi connectivity index (χ2v) is 7.84. The molecule has 0 radical (unpaired) electrons. The first kappa shape index (κ1) is 18.0. The van der Waals surface area contributed by atoms with Crippen molar-refractivity contribution in [1.82, 2.24) is 10.2 Å². The summed E-state index contributed by atoms with van der Waals surface area (Å²) in [7, 11) is 0. The molecule has 26 heavy (non-hydrogen) atoms. The fourth-order valence-corrected chi connectivity index (χ4v) is 4.82. The van der Waals surface area contributed by atoms with Gasteiger partial charge in [0.1, 0.15) is 0 Å². The quantitative estimate of drug-likeness (QED) is 0.896. The largest absolute Gasteiger partial charge is 0.379 e. The van der Waals surface area contributed by atoms with Crippen molar-refractivity contribution in [3.8, 4) is 0 Å². The Bertz CT molecular complexity index is 595. The van der Waals surface area contributed by atoms with Crippen LogP contribution in [0.15, 0.2) is 30.3 Å². The average Bonchev–Trinajstić information content (AvgIpc) is 3.18. The summed E-state index contributed by atoms with van der Waals surface area (Å²) < 4.78 is 11.2. The van der Waals surface area contributed by atoms with E-state index < -0.39 is 0 Å². The van der Waals surface area contributed by atoms with Crippen molar-refractivity contribution in [1.29, 1.82) is 0 Å². The Labute approximate surface area is 156 Å². The molecule has 1 aromatic rings. The topological polar surface area (TPSA) is 50.8 Å². The number of morpholine rings is 1. The lowest BCUT2D eigenvalue weighted by molar-refractivity contribution is -0.129. The minimum Gasteiger partial charge on any atom is -0.379 e. The second kappa shape index (κ2) is 8.07. The molecule has 2 atom stereocenters. The number of nitrogens with zero attached hydrogens (tertiary/aromatic N) is 1. The van der Waals surface area contributed by atoms with E-state index >= 15 is 0 Å². The van der Waals surface area contributed by atoms with E-state index in [9.17, 15) is 4.79 Å². The van der Waals surface area contributed by atoms with Gasteiger partial charge in [-0.3, -0.25) is 9.69 Å². The number of carbonyl (C=O) groups excluding carboxylic acids is 1. The Morgan fingerprint density at radius 3 is 2.46 bits per heavy atom. The van der Waals surface area contributed by atoms with E-state index in [4.69, 9.17) is 9.47 Å². The van der Waals surface area contributed by atoms with Crippen molar-refractivity contribution in [3.05, 3.63) is 35.9 Å². The molecule has 1 aliphatic carbocycles. The molecule has 5 heteroatoms. The number of hydrogen-bond donors (Lipinski definition) is 1. The predicted octanol–water partition coefficient (Wildman–Crippen LogP) is 2.10. The van der Waals surface area contributed by atoms with E-state index in [1.165, 1.54) is 12.0 Å². The number of rotatable bonds is 4. The molecule has 1 saturated carbocycles. The first-order valence-corrected chi connectivity index (χ1v) is 10.1. The molecular formula is C21H30N2O3. The van der Waals surface area contributed by atoms with Crippen LogP contribution in [0.1, 0.15) is 37.7 Å². The fourth-order valence-electron chi connectivity index (χ4n) is 4.82. The fraction of sp³-hybridized carbons (Fsp3) is 0.667. The molecule has 0 spiro atoms. The van der Waals surface area contributed by atoms with Crippen LogP contribution in [0.4, 0.5) is 0 Å². The number of hydrogen-bond acceptors (Lipinski definition) is 4. The summed E-state index contributed by atoms with van der Waals surface area (Å²) in [6, 6.07) is 10.7. The highest BCUT2D eigenvalue weighted by molar-refractivity contribution is 5.88. The summed E-state index contributed by atoms with van der Waals surface area (Å²) in [4.78, 5) is 15.9. The maximum atomic E-state index is 13.5. The lowest BCUT2D eigenvalue weighted by atomic mass is 9.68. The highest BCUT2D eigenvalue weighted by Crippen LogP contribution is 2.40. The van der Waals surface area contributed by atoms with Gasteiger partial charge in [0, 0.05) is 13.1 Å². The molecule has 1 amide bonds. The molecule has 3 fully saturated rings. The van der Waals surface area contributed by atoms with Crippen LogP contribution < -0.4 is 5.32 Å². The molecular weight excluding hydrogens is 328 g/mol. The van der Waals surface area contributed by atoms with E-state index in [1.54, 1.807) is 0 Å². The van der Waals surface area contributed by atoms with Crippen molar-refractivity contribution < 1.29 is 14.3 Å². The molecule has 0 aromatic heterocycles. The monoisotopic (exact) mass is 358 g/mol. The zero-order chi connectivity index (χ0) is 17.8. The molecule has 2 heterocycles. The molecule has 142 valence electrons. The molecule has 0 bridgehead atoms. The van der Waals surface area contributed by atoms with Gasteiger partial charge in [0.2, 0.25) is 5.91 Å². The normalized spacial score (nSPS) is 29.4. The minimum atomic E-state index is -0.377. The summed E-state index contributed by atoms with van der Waals surface area (Å²) in [5.41, 5.74) is 0.788. The van der Waals surface area contributed by atoms with Crippen LogP contribution in [0.3, 0.4) is 0 Å². The Morgan fingerprint density at radius 1 is 1.00 bits per heavy atom. The van der Waals surface area contributed by atoms with Crippen molar-refractivity contribution >= 4 is 5.91 Å². The van der Waals surface area contributed by atoms with E-state index in [2.05, 4.69) is 22.3 Å². The summed E-state index contributed by atoms with van der Waals surface area (Å²) in [6.07, 6.45) is 5.36.